The van der Waals surface area contributed by atoms with E-state index in [1.165, 1.54) is 9.14 Å². The van der Waals surface area contributed by atoms with Crippen LogP contribution in [-0.2, 0) is 0 Å². The lowest BCUT2D eigenvalue weighted by Crippen LogP contribution is -1.86. The van der Waals surface area contributed by atoms with Gasteiger partial charge in [-0.1, -0.05) is 50.5 Å². The Morgan fingerprint density at radius 3 is 2.93 bits per heavy atom. The number of allylic oxidation sites excluding steroid dienone is 3. The van der Waals surface area contributed by atoms with Crippen molar-refractivity contribution in [2.24, 2.45) is 0 Å². The van der Waals surface area contributed by atoms with Gasteiger partial charge in [0.05, 0.1) is 10.1 Å². The fraction of sp³-hybridized carbons (Fsp3) is 0.0833. The average Bonchev–Trinajstić information content (AvgIpc) is 2.29. The monoisotopic (exact) mass is 332 g/mol. The normalized spacial score (nSPS) is 15.1. The van der Waals surface area contributed by atoms with Crippen molar-refractivity contribution in [2.45, 2.75) is 0 Å². The van der Waals surface area contributed by atoms with Crippen molar-refractivity contribution in [3.63, 3.8) is 0 Å². The van der Waals surface area contributed by atoms with Crippen LogP contribution in [0.3, 0.4) is 0 Å². The number of hydrogen-bond donors (Lipinski definition) is 0. The van der Waals surface area contributed by atoms with Crippen LogP contribution in [-0.4, -0.2) is 10.1 Å². The van der Waals surface area contributed by atoms with Crippen molar-refractivity contribution >= 4 is 38.9 Å². The lowest BCUT2D eigenvalue weighted by Gasteiger charge is -2.06. The maximum absolute atomic E-state index is 6.04. The molecule has 1 aliphatic heterocycles. The minimum Gasteiger partial charge on any atom is -0.497 e. The van der Waals surface area contributed by atoms with E-state index in [1.807, 2.05) is 24.3 Å². The first-order chi connectivity index (χ1) is 7.29. The number of hydrogen-bond acceptors (Lipinski definition) is 1. The Kier molecular flexibility index (Phi) is 3.59. The highest BCUT2D eigenvalue weighted by molar-refractivity contribution is 14.2. The van der Waals surface area contributed by atoms with Crippen LogP contribution in [0.5, 0.6) is 5.75 Å². The highest BCUT2D eigenvalue weighted by atomic mass is 127. The molecule has 2 rings (SSSR count). The molecule has 0 saturated carbocycles. The Balaban J connectivity index is 2.38. The van der Waals surface area contributed by atoms with Crippen LogP contribution >= 0.6 is 32.3 Å². The van der Waals surface area contributed by atoms with Gasteiger partial charge in [0.15, 0.2) is 0 Å². The Morgan fingerprint density at radius 1 is 1.33 bits per heavy atom. The third-order valence-corrected chi connectivity index (χ3v) is 5.05. The second kappa shape index (κ2) is 4.94. The van der Waals surface area contributed by atoms with Crippen LogP contribution < -0.4 is 4.74 Å². The molecule has 15 heavy (non-hydrogen) atoms. The first-order valence-corrected chi connectivity index (χ1v) is 7.03. The maximum atomic E-state index is 6.04. The van der Waals surface area contributed by atoms with Crippen molar-refractivity contribution in [1.82, 2.24) is 0 Å². The summed E-state index contributed by atoms with van der Waals surface area (Å²) in [4.78, 5) is 0. The zero-order valence-corrected chi connectivity index (χ0v) is 11.1. The predicted molar refractivity (Wildman–Crippen MR) is 75.0 cm³/mol. The molecule has 0 unspecified atom stereocenters. The molecule has 0 aliphatic carbocycles. The average molecular weight is 333 g/mol. The van der Waals surface area contributed by atoms with E-state index in [0.29, 0.717) is 0 Å². The maximum Gasteiger partial charge on any atom is 0.119 e. The van der Waals surface area contributed by atoms with Gasteiger partial charge in [0.1, 0.15) is 5.75 Å². The summed E-state index contributed by atoms with van der Waals surface area (Å²) in [7, 11) is 1.68. The summed E-state index contributed by atoms with van der Waals surface area (Å²) in [5.41, 5.74) is 1.21. The lowest BCUT2D eigenvalue weighted by molar-refractivity contribution is 0.414. The molecule has 1 aliphatic rings. The van der Waals surface area contributed by atoms with Gasteiger partial charge in [-0.25, -0.2) is 0 Å². The fourth-order valence-electron chi connectivity index (χ4n) is 1.29. The van der Waals surface area contributed by atoms with E-state index >= 15 is 0 Å². The molecule has 0 atom stereocenters. The van der Waals surface area contributed by atoms with E-state index < -0.39 is 0 Å². The third kappa shape index (κ3) is 2.69. The predicted octanol–water partition coefficient (Wildman–Crippen LogP) is 3.95. The van der Waals surface area contributed by atoms with Crippen LogP contribution in [0.1, 0.15) is 5.56 Å². The summed E-state index contributed by atoms with van der Waals surface area (Å²) in [6.07, 6.45) is 6.10. The standard InChI is InChI=1S/C12H10ClIO/c1-15-10-5-2-4-9(8-10)11-6-3-7-12(13)14-11/h2-8H,1H3. The SMILES string of the molecule is COc1cccc(C2=CC=CC(Cl)=I2)c1. The van der Waals surface area contributed by atoms with Crippen molar-refractivity contribution in [2.75, 3.05) is 7.11 Å². The van der Waals surface area contributed by atoms with E-state index in [-0.39, 0.29) is 20.7 Å². The Bertz CT molecular complexity index is 460. The van der Waals surface area contributed by atoms with Crippen molar-refractivity contribution in [1.29, 1.82) is 0 Å². The molecule has 1 nitrogen and oxygen atoms in total. The lowest BCUT2D eigenvalue weighted by atomic mass is 10.2. The molecule has 0 aromatic heterocycles. The van der Waals surface area contributed by atoms with Gasteiger partial charge in [-0.15, -0.1) is 0 Å². The minimum atomic E-state index is -0.210. The molecule has 0 fully saturated rings. The van der Waals surface area contributed by atoms with Gasteiger partial charge < -0.3 is 4.74 Å². The van der Waals surface area contributed by atoms with E-state index in [4.69, 9.17) is 16.3 Å². The molecule has 1 heterocycles. The van der Waals surface area contributed by atoms with Crippen LogP contribution in [0, 0.1) is 0 Å². The second-order valence-electron chi connectivity index (χ2n) is 2.99. The van der Waals surface area contributed by atoms with Crippen molar-refractivity contribution in [3.05, 3.63) is 48.1 Å². The van der Waals surface area contributed by atoms with Gasteiger partial charge in [0.25, 0.3) is 0 Å². The van der Waals surface area contributed by atoms with E-state index in [0.717, 1.165) is 8.72 Å². The minimum absolute atomic E-state index is 0.210. The van der Waals surface area contributed by atoms with E-state index in [9.17, 15) is 0 Å². The molecule has 78 valence electrons. The molecular formula is C12H10ClIO. The second-order valence-corrected chi connectivity index (χ2v) is 6.90. The number of benzene rings is 1. The fourth-order valence-corrected chi connectivity index (χ4v) is 3.85. The van der Waals surface area contributed by atoms with Gasteiger partial charge in [-0.2, -0.15) is 0 Å². The zero-order chi connectivity index (χ0) is 10.7. The van der Waals surface area contributed by atoms with Crippen LogP contribution in [0.4, 0.5) is 0 Å². The summed E-state index contributed by atoms with van der Waals surface area (Å²) in [5.74, 6) is 0.892. The Labute approximate surface area is 104 Å². The van der Waals surface area contributed by atoms with Crippen LogP contribution in [0.25, 0.3) is 3.58 Å². The molecule has 1 aromatic rings. The topological polar surface area (TPSA) is 9.23 Å². The smallest absolute Gasteiger partial charge is 0.119 e. The number of halogens is 2. The number of rotatable bonds is 2. The van der Waals surface area contributed by atoms with Crippen molar-refractivity contribution < 1.29 is 4.74 Å². The summed E-state index contributed by atoms with van der Waals surface area (Å²) >= 11 is 5.83. The highest BCUT2D eigenvalue weighted by Crippen LogP contribution is 2.33. The number of ether oxygens (including phenoxy) is 1. The number of methoxy groups -OCH3 is 1. The first kappa shape index (κ1) is 10.9. The van der Waals surface area contributed by atoms with E-state index in [2.05, 4.69) is 18.2 Å². The van der Waals surface area contributed by atoms with Crippen LogP contribution in [0.2, 0.25) is 0 Å². The molecule has 0 radical (unpaired) electrons. The van der Waals surface area contributed by atoms with Gasteiger partial charge in [-0.3, -0.25) is 0 Å². The molecule has 0 bridgehead atoms. The van der Waals surface area contributed by atoms with Crippen molar-refractivity contribution in [3.8, 4) is 5.75 Å². The first-order valence-electron chi connectivity index (χ1n) is 4.49. The largest absolute Gasteiger partial charge is 0.497 e. The summed E-state index contributed by atoms with van der Waals surface area (Å²) in [6, 6.07) is 8.10. The van der Waals surface area contributed by atoms with Gasteiger partial charge >= 0.3 is 0 Å². The summed E-state index contributed by atoms with van der Waals surface area (Å²) in [5, 5.41) is 0. The third-order valence-electron chi connectivity index (χ3n) is 2.00. The molecule has 0 N–H and O–H groups in total. The molecule has 1 aromatic carbocycles. The molecular weight excluding hydrogens is 322 g/mol. The van der Waals surface area contributed by atoms with Crippen LogP contribution in [0.15, 0.2) is 42.5 Å². The quantitative estimate of drug-likeness (QED) is 0.745. The van der Waals surface area contributed by atoms with Gasteiger partial charge in [0, 0.05) is 3.58 Å². The van der Waals surface area contributed by atoms with E-state index in [1.54, 1.807) is 7.11 Å². The Morgan fingerprint density at radius 2 is 2.20 bits per heavy atom. The van der Waals surface area contributed by atoms with Gasteiger partial charge in [0.2, 0.25) is 0 Å². The zero-order valence-electron chi connectivity index (χ0n) is 8.21. The summed E-state index contributed by atoms with van der Waals surface area (Å²) < 4.78 is 7.51. The molecule has 3 heteroatoms. The van der Waals surface area contributed by atoms with Gasteiger partial charge in [-0.05, 0) is 29.8 Å². The summed E-state index contributed by atoms with van der Waals surface area (Å²) in [6.45, 7) is 0. The molecule has 0 amide bonds. The molecule has 0 spiro atoms. The Hall–Kier alpha value is -0.610. The molecule has 0 saturated heterocycles. The highest BCUT2D eigenvalue weighted by Gasteiger charge is 2.03.